The number of hydrogen-bond acceptors (Lipinski definition) is 3. The van der Waals surface area contributed by atoms with Crippen LogP contribution in [0.25, 0.3) is 6.08 Å². The van der Waals surface area contributed by atoms with Crippen LogP contribution in [0.4, 0.5) is 0 Å². The Bertz CT molecular complexity index is 577. The first-order valence-corrected chi connectivity index (χ1v) is 8.24. The van der Waals surface area contributed by atoms with E-state index in [-0.39, 0.29) is 17.9 Å². The molecule has 2 fully saturated rings. The molecule has 2 amide bonds. The first kappa shape index (κ1) is 15.7. The number of carbonyl (C=O) groups excluding carboxylic acids is 2. The zero-order valence-electron chi connectivity index (χ0n) is 13.3. The van der Waals surface area contributed by atoms with Gasteiger partial charge in [-0.25, -0.2) is 0 Å². The van der Waals surface area contributed by atoms with Crippen molar-refractivity contribution in [3.05, 3.63) is 42.0 Å². The molecule has 0 spiro atoms. The van der Waals surface area contributed by atoms with Gasteiger partial charge in [0, 0.05) is 39.1 Å². The molecule has 3 rings (SSSR count). The van der Waals surface area contributed by atoms with Gasteiger partial charge in [-0.1, -0.05) is 42.5 Å². The Labute approximate surface area is 137 Å². The van der Waals surface area contributed by atoms with Crippen LogP contribution >= 0.6 is 0 Å². The zero-order chi connectivity index (χ0) is 16.1. The Morgan fingerprint density at radius 2 is 1.91 bits per heavy atom. The Kier molecular flexibility index (Phi) is 5.08. The number of amides is 2. The van der Waals surface area contributed by atoms with Gasteiger partial charge < -0.3 is 10.2 Å². The Morgan fingerprint density at radius 3 is 2.57 bits per heavy atom. The Balaban J connectivity index is 1.42. The smallest absolute Gasteiger partial charge is 0.245 e. The van der Waals surface area contributed by atoms with Crippen LogP contribution in [0, 0.1) is 0 Å². The van der Waals surface area contributed by atoms with Crippen molar-refractivity contribution in [2.45, 2.75) is 18.9 Å². The molecule has 2 saturated heterocycles. The third-order valence-electron chi connectivity index (χ3n) is 4.45. The third kappa shape index (κ3) is 4.20. The van der Waals surface area contributed by atoms with Crippen LogP contribution < -0.4 is 5.32 Å². The molecule has 1 aromatic carbocycles. The molecule has 2 aliphatic heterocycles. The van der Waals surface area contributed by atoms with Crippen molar-refractivity contribution < 1.29 is 9.59 Å². The van der Waals surface area contributed by atoms with Crippen LogP contribution in [0.3, 0.4) is 0 Å². The zero-order valence-corrected chi connectivity index (χ0v) is 13.3. The van der Waals surface area contributed by atoms with Crippen molar-refractivity contribution >= 4 is 17.9 Å². The summed E-state index contributed by atoms with van der Waals surface area (Å²) in [6.07, 6.45) is 5.41. The average Bonchev–Trinajstić information content (AvgIpc) is 3.02. The van der Waals surface area contributed by atoms with E-state index in [4.69, 9.17) is 0 Å². The van der Waals surface area contributed by atoms with Gasteiger partial charge in [0.15, 0.2) is 0 Å². The number of carbonyl (C=O) groups is 2. The molecular weight excluding hydrogens is 290 g/mol. The monoisotopic (exact) mass is 313 g/mol. The lowest BCUT2D eigenvalue weighted by Crippen LogP contribution is -2.53. The third-order valence-corrected chi connectivity index (χ3v) is 4.45. The SMILES string of the molecule is O=C1CCC(C(=O)N2CCN(C/C=C/c3ccccc3)CC2)N1. The van der Waals surface area contributed by atoms with E-state index in [1.807, 2.05) is 23.1 Å². The van der Waals surface area contributed by atoms with Crippen LogP contribution in [0.15, 0.2) is 36.4 Å². The minimum Gasteiger partial charge on any atom is -0.344 e. The highest BCUT2D eigenvalue weighted by molar-refractivity contribution is 5.90. The Hall–Kier alpha value is -2.14. The largest absolute Gasteiger partial charge is 0.344 e. The summed E-state index contributed by atoms with van der Waals surface area (Å²) in [4.78, 5) is 27.8. The summed E-state index contributed by atoms with van der Waals surface area (Å²) in [5.41, 5.74) is 1.21. The van der Waals surface area contributed by atoms with Crippen molar-refractivity contribution in [3.8, 4) is 0 Å². The number of hydrogen-bond donors (Lipinski definition) is 1. The van der Waals surface area contributed by atoms with Crippen molar-refractivity contribution in [2.75, 3.05) is 32.7 Å². The van der Waals surface area contributed by atoms with Gasteiger partial charge in [-0.3, -0.25) is 14.5 Å². The highest BCUT2D eigenvalue weighted by atomic mass is 16.2. The quantitative estimate of drug-likeness (QED) is 0.906. The van der Waals surface area contributed by atoms with Crippen molar-refractivity contribution in [1.29, 1.82) is 0 Å². The van der Waals surface area contributed by atoms with E-state index in [0.717, 1.165) is 32.7 Å². The number of piperazine rings is 1. The van der Waals surface area contributed by atoms with Crippen molar-refractivity contribution in [2.24, 2.45) is 0 Å². The predicted octanol–water partition coefficient (Wildman–Crippen LogP) is 1.12. The highest BCUT2D eigenvalue weighted by Gasteiger charge is 2.31. The predicted molar refractivity (Wildman–Crippen MR) is 89.7 cm³/mol. The van der Waals surface area contributed by atoms with E-state index in [1.54, 1.807) is 0 Å². The molecule has 5 heteroatoms. The lowest BCUT2D eigenvalue weighted by atomic mass is 10.2. The van der Waals surface area contributed by atoms with Crippen LogP contribution in [-0.4, -0.2) is 60.4 Å². The lowest BCUT2D eigenvalue weighted by molar-refractivity contribution is -0.135. The topological polar surface area (TPSA) is 52.7 Å². The molecule has 2 heterocycles. The molecule has 0 aromatic heterocycles. The summed E-state index contributed by atoms with van der Waals surface area (Å²) in [5.74, 6) is 0.0726. The minimum atomic E-state index is -0.299. The van der Waals surface area contributed by atoms with Crippen molar-refractivity contribution in [3.63, 3.8) is 0 Å². The van der Waals surface area contributed by atoms with Gasteiger partial charge >= 0.3 is 0 Å². The summed E-state index contributed by atoms with van der Waals surface area (Å²) < 4.78 is 0. The van der Waals surface area contributed by atoms with Crippen LogP contribution in [0.5, 0.6) is 0 Å². The van der Waals surface area contributed by atoms with Crippen LogP contribution in [-0.2, 0) is 9.59 Å². The standard InChI is InChI=1S/C18H23N3O2/c22-17-9-8-16(19-17)18(23)21-13-11-20(12-14-21)10-4-7-15-5-2-1-3-6-15/h1-7,16H,8-14H2,(H,19,22)/b7-4+. The average molecular weight is 313 g/mol. The normalized spacial score (nSPS) is 22.5. The first-order valence-electron chi connectivity index (χ1n) is 8.24. The molecule has 1 unspecified atom stereocenters. The molecule has 23 heavy (non-hydrogen) atoms. The fourth-order valence-corrected chi connectivity index (χ4v) is 3.07. The highest BCUT2D eigenvalue weighted by Crippen LogP contribution is 2.12. The minimum absolute atomic E-state index is 0.00645. The van der Waals surface area contributed by atoms with Gasteiger partial charge in [0.2, 0.25) is 11.8 Å². The fraction of sp³-hybridized carbons (Fsp3) is 0.444. The Morgan fingerprint density at radius 1 is 1.17 bits per heavy atom. The molecular formula is C18H23N3O2. The van der Waals surface area contributed by atoms with Crippen LogP contribution in [0.2, 0.25) is 0 Å². The van der Waals surface area contributed by atoms with E-state index in [9.17, 15) is 9.59 Å². The van der Waals surface area contributed by atoms with Gasteiger partial charge in [-0.15, -0.1) is 0 Å². The van der Waals surface area contributed by atoms with Gasteiger partial charge in [-0.05, 0) is 12.0 Å². The second kappa shape index (κ2) is 7.42. The number of benzene rings is 1. The van der Waals surface area contributed by atoms with E-state index >= 15 is 0 Å². The fourth-order valence-electron chi connectivity index (χ4n) is 3.07. The molecule has 0 saturated carbocycles. The molecule has 0 radical (unpaired) electrons. The molecule has 1 atom stereocenters. The van der Waals surface area contributed by atoms with Gasteiger partial charge in [0.1, 0.15) is 6.04 Å². The number of nitrogens with one attached hydrogen (secondary N) is 1. The van der Waals surface area contributed by atoms with E-state index in [0.29, 0.717) is 12.8 Å². The van der Waals surface area contributed by atoms with Gasteiger partial charge in [0.05, 0.1) is 0 Å². The summed E-state index contributed by atoms with van der Waals surface area (Å²) >= 11 is 0. The van der Waals surface area contributed by atoms with Crippen LogP contribution in [0.1, 0.15) is 18.4 Å². The summed E-state index contributed by atoms with van der Waals surface area (Å²) in [6, 6.07) is 9.95. The van der Waals surface area contributed by atoms with E-state index in [1.165, 1.54) is 5.56 Å². The second-order valence-corrected chi connectivity index (χ2v) is 6.10. The van der Waals surface area contributed by atoms with Gasteiger partial charge in [0.25, 0.3) is 0 Å². The second-order valence-electron chi connectivity index (χ2n) is 6.10. The summed E-state index contributed by atoms with van der Waals surface area (Å²) in [7, 11) is 0. The molecule has 1 aromatic rings. The molecule has 0 aliphatic carbocycles. The van der Waals surface area contributed by atoms with E-state index < -0.39 is 0 Å². The summed E-state index contributed by atoms with van der Waals surface area (Å²) in [5, 5.41) is 2.76. The van der Waals surface area contributed by atoms with Crippen molar-refractivity contribution in [1.82, 2.24) is 15.1 Å². The molecule has 122 valence electrons. The molecule has 5 nitrogen and oxygen atoms in total. The number of rotatable bonds is 4. The lowest BCUT2D eigenvalue weighted by Gasteiger charge is -2.35. The maximum atomic E-state index is 12.3. The molecule has 0 bridgehead atoms. The number of nitrogens with zero attached hydrogens (tertiary/aromatic N) is 2. The van der Waals surface area contributed by atoms with Gasteiger partial charge in [-0.2, -0.15) is 0 Å². The molecule has 1 N–H and O–H groups in total. The van der Waals surface area contributed by atoms with E-state index in [2.05, 4.69) is 34.5 Å². The molecule has 2 aliphatic rings. The summed E-state index contributed by atoms with van der Waals surface area (Å²) in [6.45, 7) is 4.14. The maximum Gasteiger partial charge on any atom is 0.245 e. The maximum absolute atomic E-state index is 12.3. The first-order chi connectivity index (χ1) is 11.2.